The van der Waals surface area contributed by atoms with Gasteiger partial charge in [0.05, 0.1) is 17.4 Å². The summed E-state index contributed by atoms with van der Waals surface area (Å²) in [6.45, 7) is 1.57. The fourth-order valence-corrected chi connectivity index (χ4v) is 4.80. The fraction of sp³-hybridized carbons (Fsp3) is 0.235. The van der Waals surface area contributed by atoms with Crippen LogP contribution in [0.5, 0.6) is 0 Å². The predicted molar refractivity (Wildman–Crippen MR) is 93.0 cm³/mol. The lowest BCUT2D eigenvalue weighted by Gasteiger charge is -2.15. The van der Waals surface area contributed by atoms with Gasteiger partial charge in [0.15, 0.2) is 0 Å². The molecule has 1 unspecified atom stereocenters. The van der Waals surface area contributed by atoms with Gasteiger partial charge in [-0.3, -0.25) is 4.79 Å². The number of rotatable bonds is 2. The molecule has 6 heteroatoms. The van der Waals surface area contributed by atoms with Gasteiger partial charge in [-0.15, -0.1) is 0 Å². The first-order valence-electron chi connectivity index (χ1n) is 7.52. The first kappa shape index (κ1) is 15.1. The molecule has 0 aromatic heterocycles. The number of benzene rings is 2. The van der Waals surface area contributed by atoms with Crippen molar-refractivity contribution in [1.82, 2.24) is 4.31 Å². The second-order valence-corrected chi connectivity index (χ2v) is 7.89. The van der Waals surface area contributed by atoms with Gasteiger partial charge in [0.2, 0.25) is 0 Å². The van der Waals surface area contributed by atoms with E-state index in [2.05, 4.69) is 21.8 Å². The molecule has 2 N–H and O–H groups in total. The maximum Gasteiger partial charge on any atom is 0.256 e. The molecule has 1 atom stereocenters. The number of aliphatic hydroxyl groups excluding tert-OH is 1. The standard InChI is InChI=1S/C17H16N2O2S2/c20-11-7-8-19(10-11)23-12-5-6-16-14(9-12)18-17(21)13-3-1-2-4-15(13)22-16/h1-6,9,11,20H,7-8,10H2,(H,18,21). The first-order chi connectivity index (χ1) is 11.2. The van der Waals surface area contributed by atoms with Crippen LogP contribution in [-0.4, -0.2) is 34.5 Å². The molecule has 0 spiro atoms. The highest BCUT2D eigenvalue weighted by Crippen LogP contribution is 2.40. The molecular formula is C17H16N2O2S2. The van der Waals surface area contributed by atoms with Crippen LogP contribution in [-0.2, 0) is 0 Å². The van der Waals surface area contributed by atoms with Crippen LogP contribution >= 0.6 is 23.7 Å². The van der Waals surface area contributed by atoms with Crippen LogP contribution in [0.25, 0.3) is 0 Å². The number of anilines is 1. The summed E-state index contributed by atoms with van der Waals surface area (Å²) >= 11 is 3.25. The largest absolute Gasteiger partial charge is 0.392 e. The molecular weight excluding hydrogens is 328 g/mol. The van der Waals surface area contributed by atoms with Crippen LogP contribution in [0.3, 0.4) is 0 Å². The monoisotopic (exact) mass is 344 g/mol. The van der Waals surface area contributed by atoms with Crippen molar-refractivity contribution in [2.24, 2.45) is 0 Å². The van der Waals surface area contributed by atoms with Crippen molar-refractivity contribution < 1.29 is 9.90 Å². The SMILES string of the molecule is O=C1Nc2cc(SN3CCC(O)C3)ccc2Sc2ccccc21. The van der Waals surface area contributed by atoms with Gasteiger partial charge in [-0.1, -0.05) is 23.9 Å². The number of hydrogen-bond donors (Lipinski definition) is 2. The molecule has 1 fully saturated rings. The number of β-amino-alcohol motifs (C(OH)–C–C–N with tert-alkyl or cyclic N) is 1. The van der Waals surface area contributed by atoms with E-state index in [1.165, 1.54) is 0 Å². The van der Waals surface area contributed by atoms with Gasteiger partial charge in [-0.2, -0.15) is 0 Å². The summed E-state index contributed by atoms with van der Waals surface area (Å²) in [5, 5.41) is 12.6. The summed E-state index contributed by atoms with van der Waals surface area (Å²) in [5.74, 6) is -0.0643. The number of amides is 1. The number of nitrogens with zero attached hydrogens (tertiary/aromatic N) is 1. The number of fused-ring (bicyclic) bond motifs is 2. The Bertz CT molecular complexity index is 766. The lowest BCUT2D eigenvalue weighted by atomic mass is 10.2. The number of aliphatic hydroxyl groups is 1. The summed E-state index contributed by atoms with van der Waals surface area (Å²) in [6, 6.07) is 13.8. The Labute approximate surface area is 143 Å². The van der Waals surface area contributed by atoms with E-state index in [-0.39, 0.29) is 12.0 Å². The van der Waals surface area contributed by atoms with Crippen LogP contribution in [0.15, 0.2) is 57.2 Å². The minimum Gasteiger partial charge on any atom is -0.392 e. The van der Waals surface area contributed by atoms with E-state index in [0.29, 0.717) is 12.1 Å². The van der Waals surface area contributed by atoms with E-state index < -0.39 is 0 Å². The van der Waals surface area contributed by atoms with E-state index >= 15 is 0 Å². The predicted octanol–water partition coefficient (Wildman–Crippen LogP) is 3.48. The highest BCUT2D eigenvalue weighted by Gasteiger charge is 2.23. The zero-order valence-corrected chi connectivity index (χ0v) is 14.0. The molecule has 2 heterocycles. The quantitative estimate of drug-likeness (QED) is 0.817. The van der Waals surface area contributed by atoms with Gasteiger partial charge >= 0.3 is 0 Å². The fourth-order valence-electron chi connectivity index (χ4n) is 2.75. The molecule has 4 nitrogen and oxygen atoms in total. The highest BCUT2D eigenvalue weighted by atomic mass is 32.2. The molecule has 118 valence electrons. The average molecular weight is 344 g/mol. The Balaban J connectivity index is 1.60. The lowest BCUT2D eigenvalue weighted by Crippen LogP contribution is -2.14. The van der Waals surface area contributed by atoms with Gasteiger partial charge < -0.3 is 10.4 Å². The van der Waals surface area contributed by atoms with Crippen molar-refractivity contribution in [2.45, 2.75) is 27.2 Å². The Morgan fingerprint density at radius 1 is 1.22 bits per heavy atom. The van der Waals surface area contributed by atoms with Crippen LogP contribution < -0.4 is 5.32 Å². The van der Waals surface area contributed by atoms with Crippen LogP contribution in [0.2, 0.25) is 0 Å². The number of carbonyl (C=O) groups excluding carboxylic acids is 1. The molecule has 0 saturated carbocycles. The van der Waals surface area contributed by atoms with E-state index in [1.807, 2.05) is 30.3 Å². The maximum absolute atomic E-state index is 12.4. The van der Waals surface area contributed by atoms with Crippen LogP contribution in [0.1, 0.15) is 16.8 Å². The Hall–Kier alpha value is -1.47. The molecule has 23 heavy (non-hydrogen) atoms. The second-order valence-electron chi connectivity index (χ2n) is 5.63. The second kappa shape index (κ2) is 6.20. The van der Waals surface area contributed by atoms with Gasteiger partial charge in [0, 0.05) is 27.8 Å². The van der Waals surface area contributed by atoms with Crippen molar-refractivity contribution in [3.05, 3.63) is 48.0 Å². The third-order valence-corrected chi connectivity index (χ3v) is 6.12. The van der Waals surface area contributed by atoms with Crippen molar-refractivity contribution in [3.63, 3.8) is 0 Å². The smallest absolute Gasteiger partial charge is 0.256 e. The normalized spacial score (nSPS) is 20.6. The van der Waals surface area contributed by atoms with Crippen LogP contribution in [0.4, 0.5) is 5.69 Å². The van der Waals surface area contributed by atoms with Crippen molar-refractivity contribution in [2.75, 3.05) is 18.4 Å². The molecule has 2 aliphatic heterocycles. The summed E-state index contributed by atoms with van der Waals surface area (Å²) in [7, 11) is 0. The number of nitrogens with one attached hydrogen (secondary N) is 1. The van der Waals surface area contributed by atoms with E-state index in [1.54, 1.807) is 23.7 Å². The molecule has 2 aromatic carbocycles. The van der Waals surface area contributed by atoms with Crippen molar-refractivity contribution >= 4 is 35.3 Å². The van der Waals surface area contributed by atoms with Gasteiger partial charge in [0.25, 0.3) is 5.91 Å². The summed E-state index contributed by atoms with van der Waals surface area (Å²) < 4.78 is 2.16. The summed E-state index contributed by atoms with van der Waals surface area (Å²) in [5.41, 5.74) is 1.56. The lowest BCUT2D eigenvalue weighted by molar-refractivity contribution is 0.102. The number of hydrogen-bond acceptors (Lipinski definition) is 5. The molecule has 1 amide bonds. The maximum atomic E-state index is 12.4. The first-order valence-corrected chi connectivity index (χ1v) is 9.11. The minimum absolute atomic E-state index is 0.0643. The van der Waals surface area contributed by atoms with E-state index in [9.17, 15) is 9.90 Å². The third kappa shape index (κ3) is 3.12. The Kier molecular flexibility index (Phi) is 4.07. The zero-order valence-electron chi connectivity index (χ0n) is 12.4. The minimum atomic E-state index is -0.229. The molecule has 2 aromatic rings. The van der Waals surface area contributed by atoms with Gasteiger partial charge in [-0.25, -0.2) is 4.31 Å². The summed E-state index contributed by atoms with van der Waals surface area (Å²) in [4.78, 5) is 15.5. The molecule has 0 aliphatic carbocycles. The van der Waals surface area contributed by atoms with Gasteiger partial charge in [0.1, 0.15) is 0 Å². The van der Waals surface area contributed by atoms with E-state index in [4.69, 9.17) is 0 Å². The van der Waals surface area contributed by atoms with Crippen molar-refractivity contribution in [1.29, 1.82) is 0 Å². The van der Waals surface area contributed by atoms with Crippen molar-refractivity contribution in [3.8, 4) is 0 Å². The average Bonchev–Trinajstić information content (AvgIpc) is 2.88. The van der Waals surface area contributed by atoms with Crippen LogP contribution in [0, 0.1) is 0 Å². The Morgan fingerprint density at radius 2 is 2.09 bits per heavy atom. The molecule has 2 aliphatic rings. The third-order valence-electron chi connectivity index (χ3n) is 3.91. The topological polar surface area (TPSA) is 52.6 Å². The Morgan fingerprint density at radius 3 is 2.91 bits per heavy atom. The molecule has 1 saturated heterocycles. The molecule has 4 rings (SSSR count). The number of carbonyl (C=O) groups is 1. The zero-order chi connectivity index (χ0) is 15.8. The highest BCUT2D eigenvalue weighted by molar-refractivity contribution is 7.99. The summed E-state index contributed by atoms with van der Waals surface area (Å²) in [6.07, 6.45) is 0.591. The van der Waals surface area contributed by atoms with Gasteiger partial charge in [-0.05, 0) is 48.7 Å². The molecule has 0 bridgehead atoms. The van der Waals surface area contributed by atoms with E-state index in [0.717, 1.165) is 33.3 Å². The molecule has 0 radical (unpaired) electrons.